The third kappa shape index (κ3) is 3.21. The monoisotopic (exact) mass is 278 g/mol. The summed E-state index contributed by atoms with van der Waals surface area (Å²) >= 11 is 1.59. The molecule has 0 aliphatic rings. The maximum atomic E-state index is 12.1. The lowest BCUT2D eigenvalue weighted by Crippen LogP contribution is -2.48. The summed E-state index contributed by atoms with van der Waals surface area (Å²) in [5, 5.41) is 5.86. The largest absolute Gasteiger partial charge is 0.357 e. The van der Waals surface area contributed by atoms with Crippen LogP contribution in [0.5, 0.6) is 0 Å². The Morgan fingerprint density at radius 2 is 2.32 bits per heavy atom. The highest BCUT2D eigenvalue weighted by Gasteiger charge is 2.20. The molecule has 0 saturated heterocycles. The van der Waals surface area contributed by atoms with E-state index in [2.05, 4.69) is 15.3 Å². The van der Waals surface area contributed by atoms with Crippen molar-refractivity contribution in [1.29, 1.82) is 0 Å². The summed E-state index contributed by atoms with van der Waals surface area (Å²) in [5.41, 5.74) is 7.50. The number of amides is 1. The van der Waals surface area contributed by atoms with Gasteiger partial charge in [-0.1, -0.05) is 0 Å². The summed E-state index contributed by atoms with van der Waals surface area (Å²) in [5.74, 6) is -0.159. The van der Waals surface area contributed by atoms with Crippen LogP contribution in [0.2, 0.25) is 0 Å². The fraction of sp³-hybridized carbons (Fsp3) is 0.385. The number of nitrogens with zero attached hydrogens (tertiary/aromatic N) is 1. The van der Waals surface area contributed by atoms with Crippen LogP contribution in [-0.2, 0) is 0 Å². The van der Waals surface area contributed by atoms with Gasteiger partial charge in [-0.2, -0.15) is 0 Å². The number of thiazole rings is 1. The van der Waals surface area contributed by atoms with E-state index in [0.29, 0.717) is 12.2 Å². The summed E-state index contributed by atoms with van der Waals surface area (Å²) in [7, 11) is 0. The third-order valence-electron chi connectivity index (χ3n) is 2.80. The van der Waals surface area contributed by atoms with Gasteiger partial charge >= 0.3 is 0 Å². The number of rotatable bonds is 4. The molecule has 0 unspecified atom stereocenters. The second-order valence-corrected chi connectivity index (χ2v) is 6.16. The van der Waals surface area contributed by atoms with Gasteiger partial charge in [-0.3, -0.25) is 4.79 Å². The first-order valence-electron chi connectivity index (χ1n) is 6.05. The van der Waals surface area contributed by atoms with Gasteiger partial charge in [-0.05, 0) is 26.8 Å². The molecule has 2 rings (SSSR count). The molecular formula is C13H18N4OS. The second-order valence-electron chi connectivity index (χ2n) is 5.10. The van der Waals surface area contributed by atoms with Gasteiger partial charge in [0.15, 0.2) is 0 Å². The quantitative estimate of drug-likeness (QED) is 0.799. The van der Waals surface area contributed by atoms with Gasteiger partial charge in [0.2, 0.25) is 0 Å². The molecule has 0 saturated carbocycles. The van der Waals surface area contributed by atoms with Crippen LogP contribution in [0.15, 0.2) is 17.6 Å². The average molecular weight is 278 g/mol. The molecule has 0 fully saturated rings. The van der Waals surface area contributed by atoms with Crippen LogP contribution in [0.25, 0.3) is 11.3 Å². The van der Waals surface area contributed by atoms with Gasteiger partial charge in [0.1, 0.15) is 5.69 Å². The molecule has 0 bridgehead atoms. The summed E-state index contributed by atoms with van der Waals surface area (Å²) in [6.07, 6.45) is 1.79. The number of H-pyrrole nitrogens is 1. The molecule has 0 aliphatic heterocycles. The zero-order valence-electron chi connectivity index (χ0n) is 11.3. The average Bonchev–Trinajstić information content (AvgIpc) is 2.96. The fourth-order valence-corrected chi connectivity index (χ4v) is 2.22. The van der Waals surface area contributed by atoms with Crippen molar-refractivity contribution in [3.8, 4) is 11.3 Å². The molecule has 0 atom stereocenters. The molecule has 0 radical (unpaired) electrons. The van der Waals surface area contributed by atoms with Crippen LogP contribution in [0.4, 0.5) is 0 Å². The Labute approximate surface area is 116 Å². The number of aryl methyl sites for hydroxylation is 1. The number of aromatic amines is 1. The van der Waals surface area contributed by atoms with Crippen LogP contribution in [0, 0.1) is 6.92 Å². The van der Waals surface area contributed by atoms with E-state index in [-0.39, 0.29) is 5.91 Å². The van der Waals surface area contributed by atoms with Gasteiger partial charge in [0.05, 0.1) is 10.7 Å². The first kappa shape index (κ1) is 13.8. The zero-order valence-corrected chi connectivity index (χ0v) is 12.1. The molecule has 0 aliphatic carbocycles. The molecular weight excluding hydrogens is 260 g/mol. The maximum Gasteiger partial charge on any atom is 0.268 e. The third-order valence-corrected chi connectivity index (χ3v) is 3.58. The van der Waals surface area contributed by atoms with Gasteiger partial charge < -0.3 is 16.0 Å². The number of nitrogens with two attached hydrogens (primary N) is 1. The molecule has 2 heterocycles. The molecule has 1 amide bonds. The van der Waals surface area contributed by atoms with E-state index in [1.807, 2.05) is 26.2 Å². The summed E-state index contributed by atoms with van der Waals surface area (Å²) < 4.78 is 0. The van der Waals surface area contributed by atoms with Crippen molar-refractivity contribution in [3.63, 3.8) is 0 Å². The molecule has 0 aromatic carbocycles. The number of hydrogen-bond donors (Lipinski definition) is 3. The van der Waals surface area contributed by atoms with Gasteiger partial charge in [0.25, 0.3) is 5.91 Å². The minimum absolute atomic E-state index is 0.159. The highest BCUT2D eigenvalue weighted by atomic mass is 32.1. The smallest absolute Gasteiger partial charge is 0.268 e. The topological polar surface area (TPSA) is 83.8 Å². The number of carbonyl (C=O) groups excluding carboxylic acids is 1. The number of hydrogen-bond acceptors (Lipinski definition) is 4. The first-order chi connectivity index (χ1) is 8.91. The Morgan fingerprint density at radius 3 is 2.89 bits per heavy atom. The molecule has 6 heteroatoms. The van der Waals surface area contributed by atoms with E-state index in [1.54, 1.807) is 23.6 Å². The van der Waals surface area contributed by atoms with Gasteiger partial charge in [0, 0.05) is 29.2 Å². The first-order valence-corrected chi connectivity index (χ1v) is 6.93. The lowest BCUT2D eigenvalue weighted by Gasteiger charge is -2.23. The Morgan fingerprint density at radius 1 is 1.58 bits per heavy atom. The molecule has 2 aromatic heterocycles. The van der Waals surface area contributed by atoms with E-state index >= 15 is 0 Å². The van der Waals surface area contributed by atoms with E-state index < -0.39 is 5.54 Å². The van der Waals surface area contributed by atoms with E-state index in [0.717, 1.165) is 16.3 Å². The molecule has 4 N–H and O–H groups in total. The second kappa shape index (κ2) is 5.14. The predicted molar refractivity (Wildman–Crippen MR) is 77.2 cm³/mol. The standard InChI is InChI=1S/C13H18N4OS/c1-8-16-11(6-19-8)9-4-10(15-5-9)12(18)17-13(2,3)7-14/h4-6,15H,7,14H2,1-3H3,(H,17,18). The minimum atomic E-state index is -0.417. The van der Waals surface area contributed by atoms with Crippen molar-refractivity contribution in [2.75, 3.05) is 6.54 Å². The summed E-state index contributed by atoms with van der Waals surface area (Å²) in [4.78, 5) is 19.4. The van der Waals surface area contributed by atoms with Crippen LogP contribution >= 0.6 is 11.3 Å². The van der Waals surface area contributed by atoms with E-state index in [9.17, 15) is 4.79 Å². The molecule has 102 valence electrons. The van der Waals surface area contributed by atoms with Gasteiger partial charge in [-0.15, -0.1) is 11.3 Å². The zero-order chi connectivity index (χ0) is 14.0. The van der Waals surface area contributed by atoms with Crippen molar-refractivity contribution >= 4 is 17.2 Å². The SMILES string of the molecule is Cc1nc(-c2c[nH]c(C(=O)NC(C)(C)CN)c2)cs1. The van der Waals surface area contributed by atoms with E-state index in [1.165, 1.54) is 0 Å². The molecule has 5 nitrogen and oxygen atoms in total. The molecule has 2 aromatic rings. The van der Waals surface area contributed by atoms with Crippen molar-refractivity contribution in [1.82, 2.24) is 15.3 Å². The van der Waals surface area contributed by atoms with Crippen LogP contribution in [0.1, 0.15) is 29.3 Å². The normalized spacial score (nSPS) is 11.6. The van der Waals surface area contributed by atoms with Gasteiger partial charge in [-0.25, -0.2) is 4.98 Å². The Hall–Kier alpha value is -1.66. The predicted octanol–water partition coefficient (Wildman–Crippen LogP) is 1.91. The van der Waals surface area contributed by atoms with Crippen molar-refractivity contribution < 1.29 is 4.79 Å². The maximum absolute atomic E-state index is 12.1. The lowest BCUT2D eigenvalue weighted by molar-refractivity contribution is 0.0911. The van der Waals surface area contributed by atoms with Crippen LogP contribution in [0.3, 0.4) is 0 Å². The number of carbonyl (C=O) groups is 1. The van der Waals surface area contributed by atoms with E-state index in [4.69, 9.17) is 5.73 Å². The van der Waals surface area contributed by atoms with Crippen molar-refractivity contribution in [3.05, 3.63) is 28.3 Å². The highest BCUT2D eigenvalue weighted by molar-refractivity contribution is 7.09. The lowest BCUT2D eigenvalue weighted by atomic mass is 10.1. The number of nitrogens with one attached hydrogen (secondary N) is 2. The molecule has 19 heavy (non-hydrogen) atoms. The highest BCUT2D eigenvalue weighted by Crippen LogP contribution is 2.22. The summed E-state index contributed by atoms with van der Waals surface area (Å²) in [6, 6.07) is 1.80. The Balaban J connectivity index is 2.15. The Bertz CT molecular complexity index is 585. The number of aromatic nitrogens is 2. The summed E-state index contributed by atoms with van der Waals surface area (Å²) in [6.45, 7) is 6.12. The minimum Gasteiger partial charge on any atom is -0.357 e. The van der Waals surface area contributed by atoms with Crippen molar-refractivity contribution in [2.45, 2.75) is 26.3 Å². The molecule has 0 spiro atoms. The van der Waals surface area contributed by atoms with Crippen LogP contribution < -0.4 is 11.1 Å². The Kier molecular flexibility index (Phi) is 3.73. The van der Waals surface area contributed by atoms with Crippen LogP contribution in [-0.4, -0.2) is 28.0 Å². The van der Waals surface area contributed by atoms with Crippen molar-refractivity contribution in [2.24, 2.45) is 5.73 Å². The fourth-order valence-electron chi connectivity index (χ4n) is 1.60.